The second kappa shape index (κ2) is 8.18. The summed E-state index contributed by atoms with van der Waals surface area (Å²) in [5, 5.41) is 0. The maximum Gasteiger partial charge on any atom is 0.509 e. The van der Waals surface area contributed by atoms with Crippen LogP contribution in [0.3, 0.4) is 0 Å². The van der Waals surface area contributed by atoms with Crippen molar-refractivity contribution in [1.82, 2.24) is 0 Å². The standard InChI is InChI=1S/C11H16O3/c1-4-6-7-8-9-10(5-2)14-11(12)13-3/h5,10H,2,4,6-7H2,1,3H3. The van der Waals surface area contributed by atoms with Gasteiger partial charge in [-0.3, -0.25) is 0 Å². The fraction of sp³-hybridized carbons (Fsp3) is 0.545. The molecule has 0 rings (SSSR count). The number of hydrogen-bond donors (Lipinski definition) is 0. The van der Waals surface area contributed by atoms with Crippen LogP contribution in [0.4, 0.5) is 4.79 Å². The summed E-state index contributed by atoms with van der Waals surface area (Å²) in [6.45, 7) is 5.61. The Balaban J connectivity index is 3.93. The molecule has 0 aliphatic carbocycles. The average Bonchev–Trinajstić information content (AvgIpc) is 2.22. The summed E-state index contributed by atoms with van der Waals surface area (Å²) in [4.78, 5) is 10.7. The number of carbonyl (C=O) groups excluding carboxylic acids is 1. The molecule has 0 spiro atoms. The normalized spacial score (nSPS) is 10.7. The van der Waals surface area contributed by atoms with Gasteiger partial charge in [-0.2, -0.15) is 0 Å². The molecule has 0 aliphatic rings. The van der Waals surface area contributed by atoms with Gasteiger partial charge in [0, 0.05) is 6.42 Å². The number of hydrogen-bond acceptors (Lipinski definition) is 3. The molecule has 1 unspecified atom stereocenters. The minimum absolute atomic E-state index is 0.570. The molecular formula is C11H16O3. The lowest BCUT2D eigenvalue weighted by Crippen LogP contribution is -2.13. The molecule has 3 heteroatoms. The summed E-state index contributed by atoms with van der Waals surface area (Å²) in [7, 11) is 1.26. The van der Waals surface area contributed by atoms with Crippen LogP contribution in [-0.2, 0) is 9.47 Å². The highest BCUT2D eigenvalue weighted by Gasteiger charge is 2.06. The molecule has 0 amide bonds. The third kappa shape index (κ3) is 6.13. The number of ether oxygens (including phenoxy) is 2. The molecule has 0 saturated carbocycles. The summed E-state index contributed by atoms with van der Waals surface area (Å²) in [6.07, 6.45) is 3.13. The highest BCUT2D eigenvalue weighted by atomic mass is 16.7. The van der Waals surface area contributed by atoms with Crippen LogP contribution >= 0.6 is 0 Å². The van der Waals surface area contributed by atoms with E-state index in [1.807, 2.05) is 0 Å². The Morgan fingerprint density at radius 1 is 1.64 bits per heavy atom. The van der Waals surface area contributed by atoms with E-state index in [1.165, 1.54) is 13.2 Å². The molecular weight excluding hydrogens is 180 g/mol. The predicted molar refractivity (Wildman–Crippen MR) is 54.8 cm³/mol. The molecule has 0 N–H and O–H groups in total. The minimum atomic E-state index is -0.736. The van der Waals surface area contributed by atoms with Gasteiger partial charge < -0.3 is 9.47 Å². The van der Waals surface area contributed by atoms with Crippen molar-refractivity contribution < 1.29 is 14.3 Å². The lowest BCUT2D eigenvalue weighted by Gasteiger charge is -2.05. The van der Waals surface area contributed by atoms with E-state index in [1.54, 1.807) is 0 Å². The molecule has 3 nitrogen and oxygen atoms in total. The van der Waals surface area contributed by atoms with Crippen LogP contribution in [0, 0.1) is 11.8 Å². The van der Waals surface area contributed by atoms with Crippen molar-refractivity contribution in [2.24, 2.45) is 0 Å². The van der Waals surface area contributed by atoms with E-state index >= 15 is 0 Å². The van der Waals surface area contributed by atoms with E-state index in [9.17, 15) is 4.79 Å². The Hall–Kier alpha value is -1.43. The van der Waals surface area contributed by atoms with Crippen LogP contribution < -0.4 is 0 Å². The first kappa shape index (κ1) is 12.6. The fourth-order valence-electron chi connectivity index (χ4n) is 0.726. The van der Waals surface area contributed by atoms with E-state index in [-0.39, 0.29) is 0 Å². The number of methoxy groups -OCH3 is 1. The second-order valence-corrected chi connectivity index (χ2v) is 2.65. The molecule has 0 saturated heterocycles. The molecule has 0 aromatic heterocycles. The molecule has 0 radical (unpaired) electrons. The topological polar surface area (TPSA) is 35.5 Å². The fourth-order valence-corrected chi connectivity index (χ4v) is 0.726. The Morgan fingerprint density at radius 3 is 2.86 bits per heavy atom. The zero-order valence-corrected chi connectivity index (χ0v) is 8.71. The SMILES string of the molecule is C=CC(C#CCCCC)OC(=O)OC. The predicted octanol–water partition coefficient (Wildman–Crippen LogP) is 2.52. The molecule has 0 aliphatic heterocycles. The van der Waals surface area contributed by atoms with Gasteiger partial charge in [-0.1, -0.05) is 31.8 Å². The molecule has 0 bridgehead atoms. The van der Waals surface area contributed by atoms with Gasteiger partial charge in [0.1, 0.15) is 0 Å². The highest BCUT2D eigenvalue weighted by molar-refractivity contribution is 5.60. The maximum atomic E-state index is 10.7. The quantitative estimate of drug-likeness (QED) is 0.300. The number of unbranched alkanes of at least 4 members (excludes halogenated alkanes) is 2. The van der Waals surface area contributed by atoms with Crippen molar-refractivity contribution in [2.75, 3.05) is 7.11 Å². The van der Waals surface area contributed by atoms with Crippen molar-refractivity contribution in [3.8, 4) is 11.8 Å². The first-order valence-electron chi connectivity index (χ1n) is 4.60. The largest absolute Gasteiger partial charge is 0.509 e. The van der Waals surface area contributed by atoms with E-state index in [0.717, 1.165) is 19.3 Å². The molecule has 0 aromatic rings. The van der Waals surface area contributed by atoms with Crippen molar-refractivity contribution in [3.63, 3.8) is 0 Å². The van der Waals surface area contributed by atoms with Crippen molar-refractivity contribution >= 4 is 6.16 Å². The third-order valence-electron chi connectivity index (χ3n) is 1.50. The van der Waals surface area contributed by atoms with E-state index < -0.39 is 12.3 Å². The second-order valence-electron chi connectivity index (χ2n) is 2.65. The molecule has 1 atom stereocenters. The Kier molecular flexibility index (Phi) is 7.35. The monoisotopic (exact) mass is 196 g/mol. The average molecular weight is 196 g/mol. The first-order chi connectivity index (χ1) is 6.74. The third-order valence-corrected chi connectivity index (χ3v) is 1.50. The molecule has 78 valence electrons. The van der Waals surface area contributed by atoms with Crippen LogP contribution in [0.15, 0.2) is 12.7 Å². The van der Waals surface area contributed by atoms with Gasteiger partial charge in [-0.25, -0.2) is 4.79 Å². The highest BCUT2D eigenvalue weighted by Crippen LogP contribution is 1.96. The van der Waals surface area contributed by atoms with Crippen LogP contribution in [0.2, 0.25) is 0 Å². The zero-order chi connectivity index (χ0) is 10.8. The van der Waals surface area contributed by atoms with Gasteiger partial charge in [0.15, 0.2) is 6.10 Å². The van der Waals surface area contributed by atoms with Crippen molar-refractivity contribution in [3.05, 3.63) is 12.7 Å². The minimum Gasteiger partial charge on any atom is -0.438 e. The summed E-state index contributed by atoms with van der Waals surface area (Å²) >= 11 is 0. The van der Waals surface area contributed by atoms with Crippen molar-refractivity contribution in [2.45, 2.75) is 32.3 Å². The molecule has 0 fully saturated rings. The van der Waals surface area contributed by atoms with Crippen LogP contribution in [-0.4, -0.2) is 19.4 Å². The summed E-state index contributed by atoms with van der Waals surface area (Å²) in [5.41, 5.74) is 0. The molecule has 14 heavy (non-hydrogen) atoms. The lowest BCUT2D eigenvalue weighted by molar-refractivity contribution is 0.0673. The van der Waals surface area contributed by atoms with Gasteiger partial charge in [-0.05, 0) is 12.5 Å². The summed E-state index contributed by atoms with van der Waals surface area (Å²) in [5.74, 6) is 5.69. The van der Waals surface area contributed by atoms with E-state index in [4.69, 9.17) is 4.74 Å². The van der Waals surface area contributed by atoms with Crippen LogP contribution in [0.5, 0.6) is 0 Å². The van der Waals surface area contributed by atoms with Crippen LogP contribution in [0.25, 0.3) is 0 Å². The Morgan fingerprint density at radius 2 is 2.36 bits per heavy atom. The lowest BCUT2D eigenvalue weighted by atomic mass is 10.2. The summed E-state index contributed by atoms with van der Waals surface area (Å²) < 4.78 is 9.11. The first-order valence-corrected chi connectivity index (χ1v) is 4.60. The number of carbonyl (C=O) groups is 1. The van der Waals surface area contributed by atoms with Gasteiger partial charge in [0.25, 0.3) is 0 Å². The van der Waals surface area contributed by atoms with Gasteiger partial charge in [0.2, 0.25) is 0 Å². The number of rotatable bonds is 4. The van der Waals surface area contributed by atoms with E-state index in [2.05, 4.69) is 30.1 Å². The van der Waals surface area contributed by atoms with Gasteiger partial charge >= 0.3 is 6.16 Å². The van der Waals surface area contributed by atoms with Crippen LogP contribution in [0.1, 0.15) is 26.2 Å². The van der Waals surface area contributed by atoms with Crippen molar-refractivity contribution in [1.29, 1.82) is 0 Å². The smallest absolute Gasteiger partial charge is 0.438 e. The molecule has 0 heterocycles. The Labute approximate surface area is 85.1 Å². The van der Waals surface area contributed by atoms with Gasteiger partial charge in [0.05, 0.1) is 7.11 Å². The maximum absolute atomic E-state index is 10.7. The zero-order valence-electron chi connectivity index (χ0n) is 8.71. The van der Waals surface area contributed by atoms with E-state index in [0.29, 0.717) is 0 Å². The molecule has 0 aromatic carbocycles. The summed E-state index contributed by atoms with van der Waals surface area (Å²) in [6, 6.07) is 0. The van der Waals surface area contributed by atoms with Gasteiger partial charge in [-0.15, -0.1) is 0 Å². The Bertz CT molecular complexity index is 235.